The third-order valence-corrected chi connectivity index (χ3v) is 4.05. The molecule has 2 N–H and O–H groups in total. The summed E-state index contributed by atoms with van der Waals surface area (Å²) in [5.74, 6) is -1.22. The third-order valence-electron chi connectivity index (χ3n) is 4.05. The number of carboxylic acids is 1. The number of aromatic nitrogens is 3. The van der Waals surface area contributed by atoms with Crippen LogP contribution in [0.15, 0.2) is 24.3 Å². The summed E-state index contributed by atoms with van der Waals surface area (Å²) in [7, 11) is 0. The van der Waals surface area contributed by atoms with Gasteiger partial charge in [-0.05, 0) is 38.3 Å². The second-order valence-corrected chi connectivity index (χ2v) is 5.83. The zero-order chi connectivity index (χ0) is 16.6. The molecule has 2 aromatic rings. The highest BCUT2D eigenvalue weighted by molar-refractivity contribution is 5.94. The molecule has 0 spiro atoms. The maximum absolute atomic E-state index is 12.5. The molecule has 1 saturated carbocycles. The predicted molar refractivity (Wildman–Crippen MR) is 83.5 cm³/mol. The van der Waals surface area contributed by atoms with Crippen LogP contribution >= 0.6 is 0 Å². The van der Waals surface area contributed by atoms with Crippen LogP contribution in [-0.4, -0.2) is 32.0 Å². The van der Waals surface area contributed by atoms with Crippen molar-refractivity contribution in [1.82, 2.24) is 15.0 Å². The molecule has 1 aromatic heterocycles. The molecule has 1 aliphatic carbocycles. The van der Waals surface area contributed by atoms with Crippen molar-refractivity contribution in [1.29, 1.82) is 0 Å². The maximum Gasteiger partial charge on any atom is 0.358 e. The summed E-state index contributed by atoms with van der Waals surface area (Å²) in [6.07, 6.45) is 1.81. The van der Waals surface area contributed by atoms with Gasteiger partial charge in [0, 0.05) is 11.6 Å². The van der Waals surface area contributed by atoms with E-state index in [0.29, 0.717) is 5.69 Å². The summed E-state index contributed by atoms with van der Waals surface area (Å²) >= 11 is 0. The fourth-order valence-electron chi connectivity index (χ4n) is 2.54. The molecule has 7 nitrogen and oxygen atoms in total. The lowest BCUT2D eigenvalue weighted by atomic mass is 10.1. The molecule has 1 amide bonds. The van der Waals surface area contributed by atoms with Crippen LogP contribution in [0.2, 0.25) is 0 Å². The largest absolute Gasteiger partial charge is 0.476 e. The fourth-order valence-corrected chi connectivity index (χ4v) is 2.54. The van der Waals surface area contributed by atoms with E-state index in [4.69, 9.17) is 0 Å². The van der Waals surface area contributed by atoms with E-state index in [0.717, 1.165) is 24.1 Å². The topological polar surface area (TPSA) is 97.1 Å². The molecular weight excluding hydrogens is 296 g/mol. The van der Waals surface area contributed by atoms with Crippen molar-refractivity contribution >= 4 is 17.6 Å². The number of benzene rings is 1. The number of para-hydroxylation sites is 1. The number of carboxylic acid groups (broad SMARTS) is 1. The molecule has 7 heteroatoms. The highest BCUT2D eigenvalue weighted by Crippen LogP contribution is 2.42. The molecule has 0 saturated heterocycles. The van der Waals surface area contributed by atoms with Gasteiger partial charge in [-0.15, -0.1) is 5.10 Å². The first-order chi connectivity index (χ1) is 11.0. The summed E-state index contributed by atoms with van der Waals surface area (Å²) < 4.78 is 1.44. The van der Waals surface area contributed by atoms with Gasteiger partial charge in [0.1, 0.15) is 6.04 Å². The van der Waals surface area contributed by atoms with Crippen molar-refractivity contribution in [2.75, 3.05) is 5.32 Å². The second kappa shape index (κ2) is 5.83. The van der Waals surface area contributed by atoms with Crippen molar-refractivity contribution in [2.24, 2.45) is 0 Å². The summed E-state index contributed by atoms with van der Waals surface area (Å²) in [5.41, 5.74) is 2.18. The lowest BCUT2D eigenvalue weighted by molar-refractivity contribution is -0.119. The number of aromatic carboxylic acids is 1. The van der Waals surface area contributed by atoms with Crippen LogP contribution < -0.4 is 5.32 Å². The molecule has 1 heterocycles. The second-order valence-electron chi connectivity index (χ2n) is 5.83. The molecule has 1 unspecified atom stereocenters. The Morgan fingerprint density at radius 3 is 2.65 bits per heavy atom. The summed E-state index contributed by atoms with van der Waals surface area (Å²) in [6.45, 7) is 3.60. The summed E-state index contributed by atoms with van der Waals surface area (Å²) in [5, 5.41) is 19.7. The molecule has 1 fully saturated rings. The molecule has 1 aliphatic rings. The molecule has 1 aromatic carbocycles. The number of carbonyl (C=O) groups is 2. The van der Waals surface area contributed by atoms with Gasteiger partial charge in [0.15, 0.2) is 5.69 Å². The van der Waals surface area contributed by atoms with E-state index >= 15 is 0 Å². The van der Waals surface area contributed by atoms with E-state index in [-0.39, 0.29) is 17.5 Å². The van der Waals surface area contributed by atoms with Gasteiger partial charge in [0.05, 0.1) is 5.69 Å². The van der Waals surface area contributed by atoms with Gasteiger partial charge in [-0.2, -0.15) is 0 Å². The average Bonchev–Trinajstić information content (AvgIpc) is 3.26. The normalized spacial score (nSPS) is 15.2. The van der Waals surface area contributed by atoms with Crippen molar-refractivity contribution < 1.29 is 14.7 Å². The first kappa shape index (κ1) is 15.2. The number of nitrogens with one attached hydrogen (secondary N) is 1. The number of amides is 1. The first-order valence-corrected chi connectivity index (χ1v) is 7.54. The number of rotatable bonds is 5. The quantitative estimate of drug-likeness (QED) is 0.883. The number of hydrogen-bond donors (Lipinski definition) is 2. The molecule has 0 radical (unpaired) electrons. The van der Waals surface area contributed by atoms with Crippen molar-refractivity contribution in [3.05, 3.63) is 41.2 Å². The molecule has 3 rings (SSSR count). The van der Waals surface area contributed by atoms with Crippen LogP contribution in [0.25, 0.3) is 0 Å². The monoisotopic (exact) mass is 314 g/mol. The van der Waals surface area contributed by atoms with E-state index in [9.17, 15) is 14.7 Å². The van der Waals surface area contributed by atoms with Gasteiger partial charge in [-0.1, -0.05) is 23.4 Å². The summed E-state index contributed by atoms with van der Waals surface area (Å²) in [6, 6.07) is 6.85. The van der Waals surface area contributed by atoms with Crippen molar-refractivity contribution in [3.63, 3.8) is 0 Å². The zero-order valence-electron chi connectivity index (χ0n) is 13.0. The Morgan fingerprint density at radius 2 is 2.04 bits per heavy atom. The SMILES string of the molecule is Cc1ccccc1NC(=O)C(C)n1nnc(C(=O)O)c1C1CC1. The molecule has 23 heavy (non-hydrogen) atoms. The highest BCUT2D eigenvalue weighted by atomic mass is 16.4. The predicted octanol–water partition coefficient (Wildman–Crippen LogP) is 2.36. The summed E-state index contributed by atoms with van der Waals surface area (Å²) in [4.78, 5) is 23.8. The van der Waals surface area contributed by atoms with E-state index < -0.39 is 12.0 Å². The van der Waals surface area contributed by atoms with Crippen LogP contribution in [0, 0.1) is 6.92 Å². The van der Waals surface area contributed by atoms with Crippen molar-refractivity contribution in [3.8, 4) is 0 Å². The lowest BCUT2D eigenvalue weighted by Crippen LogP contribution is -2.26. The third kappa shape index (κ3) is 2.94. The van der Waals surface area contributed by atoms with Crippen LogP contribution in [-0.2, 0) is 4.79 Å². The fraction of sp³-hybridized carbons (Fsp3) is 0.375. The van der Waals surface area contributed by atoms with Crippen LogP contribution in [0.4, 0.5) is 5.69 Å². The zero-order valence-corrected chi connectivity index (χ0v) is 13.0. The Bertz CT molecular complexity index is 764. The lowest BCUT2D eigenvalue weighted by Gasteiger charge is -2.16. The Balaban J connectivity index is 1.85. The number of carbonyl (C=O) groups excluding carboxylic acids is 1. The minimum absolute atomic E-state index is 0.0527. The Hall–Kier alpha value is -2.70. The smallest absolute Gasteiger partial charge is 0.358 e. The minimum Gasteiger partial charge on any atom is -0.476 e. The van der Waals surface area contributed by atoms with Gasteiger partial charge in [0.25, 0.3) is 0 Å². The van der Waals surface area contributed by atoms with Gasteiger partial charge in [-0.3, -0.25) is 4.79 Å². The van der Waals surface area contributed by atoms with Crippen LogP contribution in [0.5, 0.6) is 0 Å². The average molecular weight is 314 g/mol. The number of anilines is 1. The van der Waals surface area contributed by atoms with Gasteiger partial charge >= 0.3 is 5.97 Å². The Morgan fingerprint density at radius 1 is 1.35 bits per heavy atom. The van der Waals surface area contributed by atoms with Gasteiger partial charge < -0.3 is 10.4 Å². The van der Waals surface area contributed by atoms with E-state index in [1.165, 1.54) is 4.68 Å². The van der Waals surface area contributed by atoms with Crippen LogP contribution in [0.3, 0.4) is 0 Å². The van der Waals surface area contributed by atoms with E-state index in [1.54, 1.807) is 6.92 Å². The number of nitrogens with zero attached hydrogens (tertiary/aromatic N) is 3. The minimum atomic E-state index is -1.11. The van der Waals surface area contributed by atoms with E-state index in [2.05, 4.69) is 15.6 Å². The number of hydrogen-bond acceptors (Lipinski definition) is 4. The molecule has 120 valence electrons. The van der Waals surface area contributed by atoms with Crippen molar-refractivity contribution in [2.45, 2.75) is 38.6 Å². The standard InChI is InChI=1S/C16H18N4O3/c1-9-5-3-4-6-12(9)17-15(21)10(2)20-14(11-7-8-11)13(16(22)23)18-19-20/h3-6,10-11H,7-8H2,1-2H3,(H,17,21)(H,22,23). The molecule has 1 atom stereocenters. The molecule has 0 bridgehead atoms. The Labute approximate surface area is 133 Å². The molecular formula is C16H18N4O3. The van der Waals surface area contributed by atoms with Crippen LogP contribution in [0.1, 0.15) is 53.5 Å². The van der Waals surface area contributed by atoms with Gasteiger partial charge in [-0.25, -0.2) is 9.48 Å². The maximum atomic E-state index is 12.5. The van der Waals surface area contributed by atoms with E-state index in [1.807, 2.05) is 31.2 Å². The Kier molecular flexibility index (Phi) is 3.85. The molecule has 0 aliphatic heterocycles. The van der Waals surface area contributed by atoms with Gasteiger partial charge in [0.2, 0.25) is 5.91 Å². The highest BCUT2D eigenvalue weighted by Gasteiger charge is 2.36. The first-order valence-electron chi connectivity index (χ1n) is 7.54. The number of aryl methyl sites for hydroxylation is 1.